The summed E-state index contributed by atoms with van der Waals surface area (Å²) in [5.41, 5.74) is -0.245. The van der Waals surface area contributed by atoms with Gasteiger partial charge in [-0.3, -0.25) is 4.79 Å². The Balaban J connectivity index is 2.40. The molecule has 1 unspecified atom stereocenters. The van der Waals surface area contributed by atoms with Gasteiger partial charge in [0.1, 0.15) is 11.9 Å². The Bertz CT molecular complexity index is 606. The monoisotopic (exact) mass is 361 g/mol. The Kier molecular flexibility index (Phi) is 4.45. The molecule has 1 aliphatic heterocycles. The predicted molar refractivity (Wildman–Crippen MR) is 75.3 cm³/mol. The molecular weight excluding hydrogens is 353 g/mol. The Morgan fingerprint density at radius 1 is 1.45 bits per heavy atom. The number of carbonyl (C=O) groups is 2. The molecule has 0 saturated carbocycles. The van der Waals surface area contributed by atoms with Crippen molar-refractivity contribution in [2.24, 2.45) is 0 Å². The molecule has 1 aromatic carbocycles. The molecular formula is C13H10BrClFNO3. The van der Waals surface area contributed by atoms with E-state index in [0.717, 1.165) is 4.90 Å². The van der Waals surface area contributed by atoms with Crippen molar-refractivity contribution in [3.8, 4) is 0 Å². The second kappa shape index (κ2) is 5.93. The maximum Gasteiger partial charge on any atom is 0.330 e. The molecule has 0 saturated heterocycles. The Morgan fingerprint density at radius 2 is 2.15 bits per heavy atom. The first kappa shape index (κ1) is 15.0. The number of nitrogens with zero attached hydrogens (tertiary/aromatic N) is 1. The van der Waals surface area contributed by atoms with Gasteiger partial charge in [-0.25, -0.2) is 9.18 Å². The third kappa shape index (κ3) is 2.86. The number of hydrogen-bond acceptors (Lipinski definition) is 2. The van der Waals surface area contributed by atoms with E-state index >= 15 is 0 Å². The number of benzene rings is 1. The van der Waals surface area contributed by atoms with Crippen molar-refractivity contribution in [1.82, 2.24) is 4.90 Å². The SMILES string of the molecule is O=C(O)C1C=CCCN1C(=O)c1cc(Cl)cc(Br)c1F. The zero-order chi connectivity index (χ0) is 14.9. The number of hydrogen-bond donors (Lipinski definition) is 1. The van der Waals surface area contributed by atoms with Gasteiger partial charge >= 0.3 is 5.97 Å². The fourth-order valence-electron chi connectivity index (χ4n) is 1.99. The van der Waals surface area contributed by atoms with Gasteiger partial charge in [0.2, 0.25) is 0 Å². The fourth-order valence-corrected chi connectivity index (χ4v) is 2.80. The quantitative estimate of drug-likeness (QED) is 0.650. The maximum absolute atomic E-state index is 14.0. The van der Waals surface area contributed by atoms with E-state index in [9.17, 15) is 14.0 Å². The van der Waals surface area contributed by atoms with Crippen molar-refractivity contribution >= 4 is 39.4 Å². The fraction of sp³-hybridized carbons (Fsp3) is 0.231. The van der Waals surface area contributed by atoms with Crippen LogP contribution in [0.4, 0.5) is 4.39 Å². The molecule has 0 bridgehead atoms. The minimum atomic E-state index is -1.16. The summed E-state index contributed by atoms with van der Waals surface area (Å²) in [6.45, 7) is 0.218. The molecule has 4 nitrogen and oxygen atoms in total. The number of aliphatic carboxylic acids is 1. The molecule has 1 aliphatic rings. The highest BCUT2D eigenvalue weighted by atomic mass is 79.9. The van der Waals surface area contributed by atoms with E-state index in [2.05, 4.69) is 15.9 Å². The van der Waals surface area contributed by atoms with Crippen LogP contribution in [-0.4, -0.2) is 34.5 Å². The minimum absolute atomic E-state index is 0.0628. The summed E-state index contributed by atoms with van der Waals surface area (Å²) < 4.78 is 14.1. The van der Waals surface area contributed by atoms with Crippen LogP contribution in [0.1, 0.15) is 16.8 Å². The summed E-state index contributed by atoms with van der Waals surface area (Å²) in [7, 11) is 0. The van der Waals surface area contributed by atoms with Crippen LogP contribution < -0.4 is 0 Å². The van der Waals surface area contributed by atoms with Crippen molar-refractivity contribution in [2.75, 3.05) is 6.54 Å². The summed E-state index contributed by atoms with van der Waals surface area (Å²) in [4.78, 5) is 24.6. The standard InChI is InChI=1S/C13H10BrClFNO3/c14-9-6-7(15)5-8(11(9)16)12(18)17-4-2-1-3-10(17)13(19)20/h1,3,5-6,10H,2,4H2,(H,19,20). The van der Waals surface area contributed by atoms with Gasteiger partial charge in [0.15, 0.2) is 0 Å². The van der Waals surface area contributed by atoms with Crippen LogP contribution in [0.2, 0.25) is 5.02 Å². The average Bonchev–Trinajstić information content (AvgIpc) is 2.42. The molecule has 1 N–H and O–H groups in total. The van der Waals surface area contributed by atoms with Gasteiger partial charge in [-0.1, -0.05) is 23.8 Å². The molecule has 106 valence electrons. The second-order valence-corrected chi connectivity index (χ2v) is 5.54. The first-order valence-electron chi connectivity index (χ1n) is 5.77. The summed E-state index contributed by atoms with van der Waals surface area (Å²) in [6.07, 6.45) is 3.63. The first-order valence-corrected chi connectivity index (χ1v) is 6.94. The Morgan fingerprint density at radius 3 is 2.80 bits per heavy atom. The molecule has 1 heterocycles. The molecule has 0 fully saturated rings. The lowest BCUT2D eigenvalue weighted by Crippen LogP contribution is -2.46. The van der Waals surface area contributed by atoms with Gasteiger partial charge in [-0.2, -0.15) is 0 Å². The van der Waals surface area contributed by atoms with Crippen LogP contribution in [0, 0.1) is 5.82 Å². The highest BCUT2D eigenvalue weighted by Gasteiger charge is 2.31. The first-order chi connectivity index (χ1) is 9.41. The summed E-state index contributed by atoms with van der Waals surface area (Å²) >= 11 is 8.78. The smallest absolute Gasteiger partial charge is 0.330 e. The molecule has 20 heavy (non-hydrogen) atoms. The van der Waals surface area contributed by atoms with E-state index in [1.165, 1.54) is 18.2 Å². The van der Waals surface area contributed by atoms with E-state index in [4.69, 9.17) is 16.7 Å². The highest BCUT2D eigenvalue weighted by molar-refractivity contribution is 9.10. The number of carboxylic acid groups (broad SMARTS) is 1. The molecule has 2 rings (SSSR count). The summed E-state index contributed by atoms with van der Waals surface area (Å²) in [5, 5.41) is 9.30. The van der Waals surface area contributed by atoms with Crippen LogP contribution in [-0.2, 0) is 4.79 Å². The second-order valence-electron chi connectivity index (χ2n) is 4.25. The molecule has 1 aromatic rings. The topological polar surface area (TPSA) is 57.6 Å². The largest absolute Gasteiger partial charge is 0.479 e. The average molecular weight is 363 g/mol. The van der Waals surface area contributed by atoms with Crippen LogP contribution in [0.15, 0.2) is 28.8 Å². The van der Waals surface area contributed by atoms with E-state index in [-0.39, 0.29) is 21.6 Å². The third-order valence-electron chi connectivity index (χ3n) is 2.93. The van der Waals surface area contributed by atoms with Gasteiger partial charge in [0.05, 0.1) is 10.0 Å². The Labute approximate surface area is 128 Å². The molecule has 0 radical (unpaired) electrons. The number of carbonyl (C=O) groups excluding carboxylic acids is 1. The lowest BCUT2D eigenvalue weighted by atomic mass is 10.1. The van der Waals surface area contributed by atoms with Crippen molar-refractivity contribution in [1.29, 1.82) is 0 Å². The lowest BCUT2D eigenvalue weighted by Gasteiger charge is -2.29. The van der Waals surface area contributed by atoms with Crippen LogP contribution in [0.5, 0.6) is 0 Å². The summed E-state index contributed by atoms with van der Waals surface area (Å²) in [6, 6.07) is 1.44. The van der Waals surface area contributed by atoms with Gasteiger partial charge in [0.25, 0.3) is 5.91 Å². The van der Waals surface area contributed by atoms with Crippen molar-refractivity contribution in [2.45, 2.75) is 12.5 Å². The maximum atomic E-state index is 14.0. The number of halogens is 3. The number of amides is 1. The van der Waals surface area contributed by atoms with Crippen LogP contribution in [0.25, 0.3) is 0 Å². The van der Waals surface area contributed by atoms with E-state index in [1.54, 1.807) is 6.08 Å². The number of carboxylic acids is 1. The molecule has 1 atom stereocenters. The van der Waals surface area contributed by atoms with Crippen molar-refractivity contribution in [3.05, 3.63) is 45.2 Å². The Hall–Kier alpha value is -1.40. The molecule has 7 heteroatoms. The van der Waals surface area contributed by atoms with Gasteiger partial charge in [-0.05, 0) is 34.5 Å². The van der Waals surface area contributed by atoms with Crippen molar-refractivity contribution < 1.29 is 19.1 Å². The van der Waals surface area contributed by atoms with Gasteiger partial charge < -0.3 is 10.0 Å². The molecule has 1 amide bonds. The van der Waals surface area contributed by atoms with Gasteiger partial charge in [-0.15, -0.1) is 0 Å². The summed E-state index contributed by atoms with van der Waals surface area (Å²) in [5.74, 6) is -2.60. The molecule has 0 aromatic heterocycles. The highest BCUT2D eigenvalue weighted by Crippen LogP contribution is 2.26. The number of rotatable bonds is 2. The molecule has 0 spiro atoms. The van der Waals surface area contributed by atoms with E-state index < -0.39 is 23.7 Å². The third-order valence-corrected chi connectivity index (χ3v) is 3.72. The van der Waals surface area contributed by atoms with E-state index in [0.29, 0.717) is 6.42 Å². The van der Waals surface area contributed by atoms with Crippen molar-refractivity contribution in [3.63, 3.8) is 0 Å². The zero-order valence-electron chi connectivity index (χ0n) is 10.1. The minimum Gasteiger partial charge on any atom is -0.479 e. The van der Waals surface area contributed by atoms with Gasteiger partial charge in [0, 0.05) is 11.6 Å². The normalized spacial score (nSPS) is 18.1. The predicted octanol–water partition coefficient (Wildman–Crippen LogP) is 3.10. The van der Waals surface area contributed by atoms with E-state index in [1.807, 2.05) is 0 Å². The lowest BCUT2D eigenvalue weighted by molar-refractivity contribution is -0.140. The van der Waals surface area contributed by atoms with Crippen LogP contribution >= 0.6 is 27.5 Å². The molecule has 0 aliphatic carbocycles. The zero-order valence-corrected chi connectivity index (χ0v) is 12.5. The van der Waals surface area contributed by atoms with Crippen LogP contribution in [0.3, 0.4) is 0 Å².